The number of carbonyl (C=O) groups is 2. The van der Waals surface area contributed by atoms with Crippen LogP contribution < -0.4 is 5.32 Å². The first-order chi connectivity index (χ1) is 17.1. The Labute approximate surface area is 224 Å². The molecule has 4 nitrogen and oxygen atoms in total. The Morgan fingerprint density at radius 3 is 2.06 bits per heavy atom. The molecule has 0 aliphatic heterocycles. The number of nitrogens with zero attached hydrogens (tertiary/aromatic N) is 1. The zero-order valence-corrected chi connectivity index (χ0v) is 22.9. The molecule has 0 bridgehead atoms. The molecular formula is C30H34Cl2N2O2. The van der Waals surface area contributed by atoms with Gasteiger partial charge in [0.25, 0.3) is 0 Å². The van der Waals surface area contributed by atoms with Crippen LogP contribution in [-0.4, -0.2) is 29.3 Å². The molecule has 0 aliphatic rings. The van der Waals surface area contributed by atoms with Crippen molar-refractivity contribution >= 4 is 35.0 Å². The highest BCUT2D eigenvalue weighted by Crippen LogP contribution is 2.27. The topological polar surface area (TPSA) is 49.4 Å². The molecule has 3 aromatic rings. The van der Waals surface area contributed by atoms with Gasteiger partial charge in [-0.3, -0.25) is 9.59 Å². The van der Waals surface area contributed by atoms with Gasteiger partial charge in [-0.25, -0.2) is 0 Å². The third-order valence-corrected chi connectivity index (χ3v) is 6.69. The van der Waals surface area contributed by atoms with E-state index >= 15 is 0 Å². The van der Waals surface area contributed by atoms with Crippen molar-refractivity contribution in [1.29, 1.82) is 0 Å². The molecule has 36 heavy (non-hydrogen) atoms. The van der Waals surface area contributed by atoms with Crippen molar-refractivity contribution in [1.82, 2.24) is 10.2 Å². The summed E-state index contributed by atoms with van der Waals surface area (Å²) in [5.41, 5.74) is 4.69. The number of benzene rings is 3. The fourth-order valence-corrected chi connectivity index (χ4v) is 4.79. The average molecular weight is 526 g/mol. The molecule has 0 fully saturated rings. The third kappa shape index (κ3) is 7.84. The van der Waals surface area contributed by atoms with Gasteiger partial charge >= 0.3 is 0 Å². The fraction of sp³-hybridized carbons (Fsp3) is 0.333. The van der Waals surface area contributed by atoms with Gasteiger partial charge in [0, 0.05) is 35.1 Å². The average Bonchev–Trinajstić information content (AvgIpc) is 2.81. The number of nitrogens with one attached hydrogen (secondary N) is 1. The summed E-state index contributed by atoms with van der Waals surface area (Å²) in [4.78, 5) is 29.1. The summed E-state index contributed by atoms with van der Waals surface area (Å²) in [6.07, 6.45) is 0.554. The molecule has 3 aromatic carbocycles. The predicted octanol–water partition coefficient (Wildman–Crippen LogP) is 6.57. The summed E-state index contributed by atoms with van der Waals surface area (Å²) in [6.45, 7) is 8.77. The number of carbonyl (C=O) groups excluding carboxylic acids is 2. The summed E-state index contributed by atoms with van der Waals surface area (Å²) >= 11 is 13.0. The SMILES string of the molecule is Cc1cc(C)cc(CC(=O)N(Cc2c(Cl)cccc2Cl)C(Cc2ccccc2)C(=O)NCC(C)C)c1. The van der Waals surface area contributed by atoms with Gasteiger partial charge in [0.15, 0.2) is 0 Å². The number of hydrogen-bond donors (Lipinski definition) is 1. The molecule has 1 atom stereocenters. The van der Waals surface area contributed by atoms with E-state index in [-0.39, 0.29) is 30.7 Å². The Hall–Kier alpha value is -2.82. The lowest BCUT2D eigenvalue weighted by molar-refractivity contribution is -0.140. The lowest BCUT2D eigenvalue weighted by atomic mass is 10.00. The van der Waals surface area contributed by atoms with Crippen LogP contribution >= 0.6 is 23.2 Å². The van der Waals surface area contributed by atoms with Crippen LogP contribution in [0.25, 0.3) is 0 Å². The molecule has 2 amide bonds. The van der Waals surface area contributed by atoms with Crippen molar-refractivity contribution in [3.8, 4) is 0 Å². The highest BCUT2D eigenvalue weighted by molar-refractivity contribution is 6.36. The van der Waals surface area contributed by atoms with Crippen molar-refractivity contribution in [3.63, 3.8) is 0 Å². The maximum atomic E-state index is 13.9. The van der Waals surface area contributed by atoms with Crippen molar-refractivity contribution in [2.45, 2.75) is 53.1 Å². The van der Waals surface area contributed by atoms with Gasteiger partial charge < -0.3 is 10.2 Å². The van der Waals surface area contributed by atoms with Crippen LogP contribution in [0.3, 0.4) is 0 Å². The van der Waals surface area contributed by atoms with E-state index in [1.807, 2.05) is 70.2 Å². The second-order valence-corrected chi connectivity index (χ2v) is 10.6. The van der Waals surface area contributed by atoms with E-state index in [1.54, 1.807) is 23.1 Å². The number of aryl methyl sites for hydroxylation is 2. The fourth-order valence-electron chi connectivity index (χ4n) is 4.28. The minimum atomic E-state index is -0.725. The van der Waals surface area contributed by atoms with Crippen molar-refractivity contribution in [2.24, 2.45) is 5.92 Å². The zero-order valence-electron chi connectivity index (χ0n) is 21.4. The molecular weight excluding hydrogens is 491 g/mol. The Kier molecular flexibility index (Phi) is 9.98. The molecule has 0 aromatic heterocycles. The van der Waals surface area contributed by atoms with E-state index < -0.39 is 6.04 Å². The van der Waals surface area contributed by atoms with E-state index in [4.69, 9.17) is 23.2 Å². The predicted molar refractivity (Wildman–Crippen MR) is 148 cm³/mol. The molecule has 6 heteroatoms. The monoisotopic (exact) mass is 524 g/mol. The Bertz CT molecular complexity index is 1150. The van der Waals surface area contributed by atoms with E-state index in [1.165, 1.54) is 0 Å². The van der Waals surface area contributed by atoms with Crippen molar-refractivity contribution in [3.05, 3.63) is 105 Å². The summed E-state index contributed by atoms with van der Waals surface area (Å²) in [7, 11) is 0. The molecule has 0 aliphatic carbocycles. The minimum absolute atomic E-state index is 0.134. The number of halogens is 2. The van der Waals surface area contributed by atoms with Gasteiger partial charge in [-0.05, 0) is 43.0 Å². The third-order valence-electron chi connectivity index (χ3n) is 5.98. The Morgan fingerprint density at radius 2 is 1.47 bits per heavy atom. The summed E-state index contributed by atoms with van der Waals surface area (Å²) in [5.74, 6) is -0.0649. The molecule has 0 spiro atoms. The smallest absolute Gasteiger partial charge is 0.243 e. The van der Waals surface area contributed by atoms with E-state index in [2.05, 4.69) is 11.4 Å². The van der Waals surface area contributed by atoms with Crippen LogP contribution in [0.15, 0.2) is 66.7 Å². The highest BCUT2D eigenvalue weighted by Gasteiger charge is 2.31. The molecule has 0 radical (unpaired) electrons. The molecule has 1 unspecified atom stereocenters. The maximum absolute atomic E-state index is 13.9. The maximum Gasteiger partial charge on any atom is 0.243 e. The van der Waals surface area contributed by atoms with Gasteiger partial charge in [-0.2, -0.15) is 0 Å². The van der Waals surface area contributed by atoms with Crippen LogP contribution in [0, 0.1) is 19.8 Å². The number of amides is 2. The van der Waals surface area contributed by atoms with Gasteiger partial charge in [0.2, 0.25) is 11.8 Å². The molecule has 1 N–H and O–H groups in total. The second-order valence-electron chi connectivity index (χ2n) is 9.74. The summed E-state index contributed by atoms with van der Waals surface area (Å²) < 4.78 is 0. The zero-order chi connectivity index (χ0) is 26.2. The van der Waals surface area contributed by atoms with E-state index in [0.717, 1.165) is 22.3 Å². The molecule has 0 heterocycles. The van der Waals surface area contributed by atoms with Gasteiger partial charge in [0.05, 0.1) is 6.42 Å². The lowest BCUT2D eigenvalue weighted by Gasteiger charge is -2.32. The van der Waals surface area contributed by atoms with Crippen LogP contribution in [0.1, 0.15) is 41.7 Å². The largest absolute Gasteiger partial charge is 0.354 e. The van der Waals surface area contributed by atoms with Gasteiger partial charge in [-0.1, -0.05) is 103 Å². The molecule has 0 saturated heterocycles. The normalized spacial score (nSPS) is 11.9. The molecule has 3 rings (SSSR count). The lowest BCUT2D eigenvalue weighted by Crippen LogP contribution is -2.51. The van der Waals surface area contributed by atoms with Crippen LogP contribution in [0.4, 0.5) is 0 Å². The standard InChI is InChI=1S/C30H34Cl2N2O2/c1-20(2)18-33-30(36)28(16-23-9-6-5-7-10-23)34(19-25-26(31)11-8-12-27(25)32)29(35)17-24-14-21(3)13-22(4)15-24/h5-15,20,28H,16-19H2,1-4H3,(H,33,36). The van der Waals surface area contributed by atoms with E-state index in [0.29, 0.717) is 28.6 Å². The first-order valence-electron chi connectivity index (χ1n) is 12.2. The first kappa shape index (κ1) is 27.8. The number of hydrogen-bond acceptors (Lipinski definition) is 2. The highest BCUT2D eigenvalue weighted by atomic mass is 35.5. The Balaban J connectivity index is 2.02. The first-order valence-corrected chi connectivity index (χ1v) is 13.0. The van der Waals surface area contributed by atoms with Crippen molar-refractivity contribution < 1.29 is 9.59 Å². The molecule has 0 saturated carbocycles. The van der Waals surface area contributed by atoms with Gasteiger partial charge in [0.1, 0.15) is 6.04 Å². The van der Waals surface area contributed by atoms with E-state index in [9.17, 15) is 9.59 Å². The minimum Gasteiger partial charge on any atom is -0.354 e. The summed E-state index contributed by atoms with van der Waals surface area (Å²) in [5, 5.41) is 3.97. The number of rotatable bonds is 10. The molecule has 190 valence electrons. The van der Waals surface area contributed by atoms with Crippen LogP contribution in [-0.2, 0) is 29.0 Å². The summed E-state index contributed by atoms with van der Waals surface area (Å²) in [6, 6.07) is 20.4. The van der Waals surface area contributed by atoms with Gasteiger partial charge in [-0.15, -0.1) is 0 Å². The van der Waals surface area contributed by atoms with Crippen molar-refractivity contribution in [2.75, 3.05) is 6.54 Å². The quantitative estimate of drug-likeness (QED) is 0.326. The Morgan fingerprint density at radius 1 is 0.861 bits per heavy atom. The van der Waals surface area contributed by atoms with Crippen LogP contribution in [0.2, 0.25) is 10.0 Å². The van der Waals surface area contributed by atoms with Crippen LogP contribution in [0.5, 0.6) is 0 Å². The second kappa shape index (κ2) is 12.9.